The number of aryl methyl sites for hydroxylation is 1. The molecule has 0 aliphatic carbocycles. The Labute approximate surface area is 124 Å². The van der Waals surface area contributed by atoms with Crippen molar-refractivity contribution < 1.29 is 9.53 Å². The Morgan fingerprint density at radius 2 is 2.25 bits per heavy atom. The Bertz CT molecular complexity index is 497. The quantitative estimate of drug-likeness (QED) is 0.861. The zero-order valence-electron chi connectivity index (χ0n) is 11.5. The Balaban J connectivity index is 1.73. The molecule has 0 saturated carbocycles. The molecule has 0 radical (unpaired) electrons. The van der Waals surface area contributed by atoms with E-state index < -0.39 is 0 Å². The molecule has 1 saturated heterocycles. The number of carbonyl (C=O) groups is 1. The van der Waals surface area contributed by atoms with E-state index in [9.17, 15) is 4.79 Å². The smallest absolute Gasteiger partial charge is 0.224 e. The number of halogens is 1. The van der Waals surface area contributed by atoms with Crippen LogP contribution in [0.4, 0.5) is 5.69 Å². The van der Waals surface area contributed by atoms with Gasteiger partial charge < -0.3 is 10.1 Å². The van der Waals surface area contributed by atoms with Gasteiger partial charge in [-0.3, -0.25) is 4.79 Å². The number of alkyl halides is 1. The fourth-order valence-corrected chi connectivity index (χ4v) is 3.32. The Morgan fingerprint density at radius 1 is 1.35 bits per heavy atom. The highest BCUT2D eigenvalue weighted by atomic mass is 35.5. The van der Waals surface area contributed by atoms with Crippen LogP contribution in [0.5, 0.6) is 0 Å². The summed E-state index contributed by atoms with van der Waals surface area (Å²) in [5, 5.41) is 2.94. The average molecular weight is 294 g/mol. The van der Waals surface area contributed by atoms with Crippen LogP contribution in [0.3, 0.4) is 0 Å². The van der Waals surface area contributed by atoms with Crippen LogP contribution < -0.4 is 5.32 Å². The highest BCUT2D eigenvalue weighted by Crippen LogP contribution is 2.33. The average Bonchev–Trinajstić information content (AvgIpc) is 2.85. The summed E-state index contributed by atoms with van der Waals surface area (Å²) in [7, 11) is 0. The van der Waals surface area contributed by atoms with Gasteiger partial charge in [-0.05, 0) is 49.3 Å². The number of hydrogen-bond acceptors (Lipinski definition) is 2. The molecule has 2 atom stereocenters. The number of rotatable bonds is 3. The van der Waals surface area contributed by atoms with Crippen LogP contribution in [0.15, 0.2) is 18.2 Å². The van der Waals surface area contributed by atoms with Crippen LogP contribution >= 0.6 is 11.6 Å². The number of amides is 1. The summed E-state index contributed by atoms with van der Waals surface area (Å²) in [5.74, 6) is 0.110. The third kappa shape index (κ3) is 3.15. The number of ether oxygens (including phenoxy) is 1. The van der Waals surface area contributed by atoms with Gasteiger partial charge in [0.2, 0.25) is 5.91 Å². The van der Waals surface area contributed by atoms with Crippen molar-refractivity contribution in [2.24, 2.45) is 0 Å². The van der Waals surface area contributed by atoms with E-state index in [1.54, 1.807) is 0 Å². The second-order valence-corrected chi connectivity index (χ2v) is 6.18. The van der Waals surface area contributed by atoms with E-state index in [1.165, 1.54) is 5.56 Å². The van der Waals surface area contributed by atoms with E-state index in [0.29, 0.717) is 12.5 Å². The molecule has 1 aromatic carbocycles. The van der Waals surface area contributed by atoms with Gasteiger partial charge in [0.25, 0.3) is 0 Å². The molecule has 2 unspecified atom stereocenters. The second kappa shape index (κ2) is 6.15. The topological polar surface area (TPSA) is 38.3 Å². The molecule has 108 valence electrons. The van der Waals surface area contributed by atoms with Crippen molar-refractivity contribution in [1.82, 2.24) is 0 Å². The van der Waals surface area contributed by atoms with Gasteiger partial charge >= 0.3 is 0 Å². The first kappa shape index (κ1) is 13.9. The molecule has 3 rings (SSSR count). The Morgan fingerprint density at radius 3 is 3.05 bits per heavy atom. The fourth-order valence-electron chi connectivity index (χ4n) is 2.99. The predicted molar refractivity (Wildman–Crippen MR) is 80.2 cm³/mol. The maximum Gasteiger partial charge on any atom is 0.224 e. The number of benzene rings is 1. The molecular formula is C16H20ClNO2. The monoisotopic (exact) mass is 293 g/mol. The predicted octanol–water partition coefficient (Wildman–Crippen LogP) is 3.81. The molecule has 1 fully saturated rings. The first-order valence-corrected chi connectivity index (χ1v) is 7.84. The van der Waals surface area contributed by atoms with Gasteiger partial charge in [-0.2, -0.15) is 0 Å². The summed E-state index contributed by atoms with van der Waals surface area (Å²) < 4.78 is 5.65. The summed E-state index contributed by atoms with van der Waals surface area (Å²) in [6.45, 7) is 0.866. The maximum atomic E-state index is 11.5. The van der Waals surface area contributed by atoms with E-state index in [1.807, 2.05) is 12.1 Å². The molecule has 20 heavy (non-hydrogen) atoms. The number of anilines is 1. The zero-order valence-corrected chi connectivity index (χ0v) is 12.3. The van der Waals surface area contributed by atoms with Gasteiger partial charge in [0, 0.05) is 18.7 Å². The maximum absolute atomic E-state index is 11.5. The molecular weight excluding hydrogens is 274 g/mol. The lowest BCUT2D eigenvalue weighted by atomic mass is 9.99. The van der Waals surface area contributed by atoms with Gasteiger partial charge in [-0.15, -0.1) is 11.6 Å². The highest BCUT2D eigenvalue weighted by molar-refractivity contribution is 6.20. The molecule has 1 amide bonds. The van der Waals surface area contributed by atoms with Crippen molar-refractivity contribution in [3.63, 3.8) is 0 Å². The molecule has 2 heterocycles. The lowest BCUT2D eigenvalue weighted by Gasteiger charge is -2.16. The van der Waals surface area contributed by atoms with E-state index in [-0.39, 0.29) is 11.3 Å². The van der Waals surface area contributed by atoms with Crippen molar-refractivity contribution in [2.45, 2.75) is 50.0 Å². The van der Waals surface area contributed by atoms with Crippen molar-refractivity contribution in [3.8, 4) is 0 Å². The van der Waals surface area contributed by atoms with Crippen LogP contribution in [-0.2, 0) is 16.0 Å². The molecule has 0 aromatic heterocycles. The minimum atomic E-state index is -0.0117. The molecule has 4 heteroatoms. The largest absolute Gasteiger partial charge is 0.378 e. The number of fused-ring (bicyclic) bond motifs is 1. The van der Waals surface area contributed by atoms with Crippen LogP contribution in [0.25, 0.3) is 0 Å². The summed E-state index contributed by atoms with van der Waals surface area (Å²) in [4.78, 5) is 11.5. The summed E-state index contributed by atoms with van der Waals surface area (Å²) in [6, 6.07) is 6.16. The molecule has 2 aliphatic heterocycles. The molecule has 0 bridgehead atoms. The van der Waals surface area contributed by atoms with Crippen LogP contribution in [0.2, 0.25) is 0 Å². The highest BCUT2D eigenvalue weighted by Gasteiger charge is 2.21. The van der Waals surface area contributed by atoms with Crippen molar-refractivity contribution in [2.75, 3.05) is 11.9 Å². The summed E-state index contributed by atoms with van der Waals surface area (Å²) in [5.41, 5.74) is 3.28. The van der Waals surface area contributed by atoms with Crippen molar-refractivity contribution in [3.05, 3.63) is 29.3 Å². The van der Waals surface area contributed by atoms with E-state index in [4.69, 9.17) is 16.3 Å². The van der Waals surface area contributed by atoms with Crippen LogP contribution in [0, 0.1) is 0 Å². The third-order valence-electron chi connectivity index (χ3n) is 4.11. The van der Waals surface area contributed by atoms with Crippen molar-refractivity contribution in [1.29, 1.82) is 0 Å². The summed E-state index contributed by atoms with van der Waals surface area (Å²) >= 11 is 6.53. The first-order chi connectivity index (χ1) is 9.72. The molecule has 2 aliphatic rings. The Hall–Kier alpha value is -1.06. The van der Waals surface area contributed by atoms with E-state index >= 15 is 0 Å². The standard InChI is InChI=1S/C16H20ClNO2/c17-14(10-13-4-2-8-20-13)11-6-7-15-12(9-11)3-1-5-16(19)18-15/h6-7,9,13-14H,1-5,8,10H2,(H,18,19). The number of nitrogens with one attached hydrogen (secondary N) is 1. The lowest BCUT2D eigenvalue weighted by Crippen LogP contribution is -2.10. The van der Waals surface area contributed by atoms with Gasteiger partial charge in [0.15, 0.2) is 0 Å². The van der Waals surface area contributed by atoms with Gasteiger partial charge in [-0.25, -0.2) is 0 Å². The third-order valence-corrected chi connectivity index (χ3v) is 4.54. The molecule has 0 spiro atoms. The first-order valence-electron chi connectivity index (χ1n) is 7.41. The SMILES string of the molecule is O=C1CCCc2cc(C(Cl)CC3CCCO3)ccc2N1. The normalized spacial score (nSPS) is 23.9. The minimum absolute atomic E-state index is 0.0117. The fraction of sp³-hybridized carbons (Fsp3) is 0.562. The zero-order chi connectivity index (χ0) is 13.9. The van der Waals surface area contributed by atoms with Crippen molar-refractivity contribution >= 4 is 23.2 Å². The van der Waals surface area contributed by atoms with Gasteiger partial charge in [0.1, 0.15) is 0 Å². The van der Waals surface area contributed by atoms with Gasteiger partial charge in [0.05, 0.1) is 11.5 Å². The molecule has 1 N–H and O–H groups in total. The number of hydrogen-bond donors (Lipinski definition) is 1. The lowest BCUT2D eigenvalue weighted by molar-refractivity contribution is -0.116. The van der Waals surface area contributed by atoms with Crippen LogP contribution in [0.1, 0.15) is 48.6 Å². The number of carbonyl (C=O) groups excluding carboxylic acids is 1. The molecule has 3 nitrogen and oxygen atoms in total. The second-order valence-electron chi connectivity index (χ2n) is 5.66. The summed E-state index contributed by atoms with van der Waals surface area (Å²) in [6.07, 6.45) is 5.87. The Kier molecular flexibility index (Phi) is 4.27. The minimum Gasteiger partial charge on any atom is -0.378 e. The van der Waals surface area contributed by atoms with E-state index in [0.717, 1.165) is 50.0 Å². The molecule has 1 aromatic rings. The van der Waals surface area contributed by atoms with Crippen LogP contribution in [-0.4, -0.2) is 18.6 Å². The van der Waals surface area contributed by atoms with E-state index in [2.05, 4.69) is 11.4 Å². The van der Waals surface area contributed by atoms with Gasteiger partial charge in [-0.1, -0.05) is 12.1 Å².